The quantitative estimate of drug-likeness (QED) is 0.203. The van der Waals surface area contributed by atoms with Gasteiger partial charge in [-0.05, 0) is 43.2 Å². The van der Waals surface area contributed by atoms with Gasteiger partial charge in [0, 0.05) is 32.8 Å². The smallest absolute Gasteiger partial charge is 0.394 e. The fraction of sp³-hybridized carbons (Fsp3) is 0.435. The molecule has 11 nitrogen and oxygen atoms in total. The Bertz CT molecular complexity index is 1130. The number of carbonyl (C=O) groups excluding carboxylic acids is 1. The van der Waals surface area contributed by atoms with Crippen LogP contribution in [-0.4, -0.2) is 80.9 Å². The molecule has 1 heterocycles. The molecule has 1 fully saturated rings. The average Bonchev–Trinajstić information content (AvgIpc) is 2.84. The summed E-state index contributed by atoms with van der Waals surface area (Å²) in [6.07, 6.45) is 1.42. The molecule has 0 radical (unpaired) electrons. The summed E-state index contributed by atoms with van der Waals surface area (Å²) in [4.78, 5) is 15.1. The molecule has 1 aliphatic rings. The van der Waals surface area contributed by atoms with E-state index in [0.29, 0.717) is 40.9 Å². The zero-order chi connectivity index (χ0) is 27.6. The number of nitrogen functional groups attached to an aromatic ring is 1. The van der Waals surface area contributed by atoms with Gasteiger partial charge in [0.25, 0.3) is 5.91 Å². The lowest BCUT2D eigenvalue weighted by Crippen LogP contribution is -2.55. The summed E-state index contributed by atoms with van der Waals surface area (Å²) in [5.74, 6) is 0.463. The lowest BCUT2D eigenvalue weighted by atomic mass is 10.0. The third kappa shape index (κ3) is 10.7. The topological polar surface area (TPSA) is 161 Å². The van der Waals surface area contributed by atoms with E-state index in [1.54, 1.807) is 25.3 Å². The van der Waals surface area contributed by atoms with Gasteiger partial charge in [-0.25, -0.2) is 4.39 Å². The Balaban J connectivity index is 0.000000877. The molecule has 5 N–H and O–H groups in total. The molecular formula is C23H31ClFN3O8S. The normalized spacial score (nSPS) is 17.9. The van der Waals surface area contributed by atoms with Crippen molar-refractivity contribution in [2.75, 3.05) is 46.2 Å². The monoisotopic (exact) mass is 563 g/mol. The standard InChI is InChI=1S/C23H29ClFN3O4.H2O4S/c1-30-21-13-19(26)18(24)12-17(21)23(29)27-20-8-10-28(14-22(20)31-2)9-3-11-32-16-6-4-15(25)5-7-16;1-5(2,3)4/h4-7,12-13,20,22H,3,8-11,14,26H2,1-2H3,(H,27,29);(H2,1,2,3,4)/t20-,22-;/m0./s1. The highest BCUT2D eigenvalue weighted by molar-refractivity contribution is 7.79. The molecule has 3 rings (SSSR count). The molecule has 37 heavy (non-hydrogen) atoms. The van der Waals surface area contributed by atoms with Crippen LogP contribution in [0, 0.1) is 5.82 Å². The fourth-order valence-corrected chi connectivity index (χ4v) is 3.92. The molecule has 2 aromatic rings. The van der Waals surface area contributed by atoms with Crippen LogP contribution in [0.15, 0.2) is 36.4 Å². The maximum Gasteiger partial charge on any atom is 0.394 e. The minimum atomic E-state index is -4.67. The zero-order valence-corrected chi connectivity index (χ0v) is 22.0. The number of nitrogens with two attached hydrogens (primary N) is 1. The third-order valence-corrected chi connectivity index (χ3v) is 5.85. The predicted molar refractivity (Wildman–Crippen MR) is 136 cm³/mol. The molecule has 14 heteroatoms. The summed E-state index contributed by atoms with van der Waals surface area (Å²) < 4.78 is 61.1. The van der Waals surface area contributed by atoms with Crippen molar-refractivity contribution < 1.29 is 40.9 Å². The van der Waals surface area contributed by atoms with Gasteiger partial charge in [0.15, 0.2) is 0 Å². The van der Waals surface area contributed by atoms with Crippen LogP contribution in [0.1, 0.15) is 23.2 Å². The Morgan fingerprint density at radius 3 is 2.49 bits per heavy atom. The number of nitrogens with zero attached hydrogens (tertiary/aromatic N) is 1. The molecule has 2 aromatic carbocycles. The number of amides is 1. The highest BCUT2D eigenvalue weighted by atomic mass is 35.5. The lowest BCUT2D eigenvalue weighted by Gasteiger charge is -2.38. The van der Waals surface area contributed by atoms with Crippen LogP contribution in [0.25, 0.3) is 0 Å². The first-order chi connectivity index (χ1) is 17.4. The molecule has 1 aliphatic heterocycles. The SMILES string of the molecule is COc1cc(N)c(Cl)cc1C(=O)N[C@H]1CCN(CCCOc2ccc(F)cc2)C[C@@H]1OC.O=S(=O)(O)O. The van der Waals surface area contributed by atoms with E-state index in [0.717, 1.165) is 25.9 Å². The molecule has 2 atom stereocenters. The number of methoxy groups -OCH3 is 2. The van der Waals surface area contributed by atoms with Gasteiger partial charge in [0.2, 0.25) is 0 Å². The van der Waals surface area contributed by atoms with Crippen molar-refractivity contribution in [2.45, 2.75) is 25.0 Å². The summed E-state index contributed by atoms with van der Waals surface area (Å²) in [6, 6.07) is 8.92. The van der Waals surface area contributed by atoms with Crippen molar-refractivity contribution in [3.05, 3.63) is 52.8 Å². The van der Waals surface area contributed by atoms with Crippen molar-refractivity contribution in [1.82, 2.24) is 10.2 Å². The Morgan fingerprint density at radius 1 is 1.24 bits per heavy atom. The van der Waals surface area contributed by atoms with E-state index < -0.39 is 10.4 Å². The van der Waals surface area contributed by atoms with Gasteiger partial charge < -0.3 is 30.2 Å². The second-order valence-electron chi connectivity index (χ2n) is 8.12. The number of hydrogen-bond donors (Lipinski definition) is 4. The number of hydrogen-bond acceptors (Lipinski definition) is 8. The van der Waals surface area contributed by atoms with Gasteiger partial charge in [0.05, 0.1) is 42.1 Å². The summed E-state index contributed by atoms with van der Waals surface area (Å²) in [7, 11) is -1.54. The van der Waals surface area contributed by atoms with E-state index in [4.69, 9.17) is 49.1 Å². The van der Waals surface area contributed by atoms with Gasteiger partial charge in [-0.2, -0.15) is 8.42 Å². The number of piperidine rings is 1. The summed E-state index contributed by atoms with van der Waals surface area (Å²) in [6.45, 7) is 2.89. The Labute approximate surface area is 220 Å². The Hall–Kier alpha value is -2.68. The van der Waals surface area contributed by atoms with E-state index in [2.05, 4.69) is 10.2 Å². The van der Waals surface area contributed by atoms with Crippen molar-refractivity contribution in [3.63, 3.8) is 0 Å². The molecular weight excluding hydrogens is 533 g/mol. The van der Waals surface area contributed by atoms with E-state index in [9.17, 15) is 9.18 Å². The second-order valence-corrected chi connectivity index (χ2v) is 9.42. The number of halogens is 2. The minimum absolute atomic E-state index is 0.139. The number of anilines is 1. The number of nitrogens with one attached hydrogen (secondary N) is 1. The van der Waals surface area contributed by atoms with Crippen LogP contribution in [0.3, 0.4) is 0 Å². The summed E-state index contributed by atoms with van der Waals surface area (Å²) in [5.41, 5.74) is 6.49. The highest BCUT2D eigenvalue weighted by Gasteiger charge is 2.31. The second kappa shape index (κ2) is 14.3. The molecule has 0 spiro atoms. The van der Waals surface area contributed by atoms with Gasteiger partial charge in [0.1, 0.15) is 17.3 Å². The molecule has 206 valence electrons. The van der Waals surface area contributed by atoms with Crippen LogP contribution in [0.4, 0.5) is 10.1 Å². The third-order valence-electron chi connectivity index (χ3n) is 5.53. The Kier molecular flexibility index (Phi) is 11.8. The summed E-state index contributed by atoms with van der Waals surface area (Å²) >= 11 is 6.09. The molecule has 0 aromatic heterocycles. The molecule has 0 saturated carbocycles. The van der Waals surface area contributed by atoms with Crippen LogP contribution < -0.4 is 20.5 Å². The van der Waals surface area contributed by atoms with Crippen molar-refractivity contribution in [2.24, 2.45) is 0 Å². The maximum atomic E-state index is 12.9. The predicted octanol–water partition coefficient (Wildman–Crippen LogP) is 2.71. The number of rotatable bonds is 9. The van der Waals surface area contributed by atoms with E-state index >= 15 is 0 Å². The van der Waals surface area contributed by atoms with E-state index in [1.807, 2.05) is 0 Å². The van der Waals surface area contributed by atoms with Gasteiger partial charge in [-0.15, -0.1) is 0 Å². The van der Waals surface area contributed by atoms with E-state index in [1.165, 1.54) is 25.3 Å². The van der Waals surface area contributed by atoms with Gasteiger partial charge in [-0.3, -0.25) is 13.9 Å². The van der Waals surface area contributed by atoms with Gasteiger partial charge in [-0.1, -0.05) is 11.6 Å². The zero-order valence-electron chi connectivity index (χ0n) is 20.4. The van der Waals surface area contributed by atoms with Crippen LogP contribution in [0.5, 0.6) is 11.5 Å². The first kappa shape index (κ1) is 30.5. The average molecular weight is 564 g/mol. The number of carbonyl (C=O) groups is 1. The van der Waals surface area contributed by atoms with Crippen LogP contribution >= 0.6 is 11.6 Å². The summed E-state index contributed by atoms with van der Waals surface area (Å²) in [5, 5.41) is 3.35. The van der Waals surface area contributed by atoms with Gasteiger partial charge >= 0.3 is 10.4 Å². The van der Waals surface area contributed by atoms with Crippen molar-refractivity contribution in [1.29, 1.82) is 0 Å². The Morgan fingerprint density at radius 2 is 1.89 bits per heavy atom. The number of ether oxygens (including phenoxy) is 3. The fourth-order valence-electron chi connectivity index (χ4n) is 3.76. The maximum absolute atomic E-state index is 12.9. The van der Waals surface area contributed by atoms with Crippen LogP contribution in [0.2, 0.25) is 5.02 Å². The first-order valence-corrected chi connectivity index (χ1v) is 13.0. The van der Waals surface area contributed by atoms with Crippen molar-refractivity contribution >= 4 is 33.6 Å². The molecule has 0 aliphatic carbocycles. The first-order valence-electron chi connectivity index (χ1n) is 11.2. The number of benzene rings is 2. The minimum Gasteiger partial charge on any atom is -0.496 e. The molecule has 1 amide bonds. The molecule has 1 saturated heterocycles. The molecule has 0 bridgehead atoms. The molecule has 0 unspecified atom stereocenters. The number of likely N-dealkylation sites (tertiary alicyclic amines) is 1. The lowest BCUT2D eigenvalue weighted by molar-refractivity contribution is 0.00527. The van der Waals surface area contributed by atoms with E-state index in [-0.39, 0.29) is 23.9 Å². The van der Waals surface area contributed by atoms with Crippen LogP contribution in [-0.2, 0) is 15.1 Å². The largest absolute Gasteiger partial charge is 0.496 e. The van der Waals surface area contributed by atoms with Crippen molar-refractivity contribution in [3.8, 4) is 11.5 Å². The highest BCUT2D eigenvalue weighted by Crippen LogP contribution is 2.29.